The summed E-state index contributed by atoms with van der Waals surface area (Å²) in [6.45, 7) is 0. The normalized spacial score (nSPS) is 11.7. The van der Waals surface area contributed by atoms with Crippen LogP contribution in [0.3, 0.4) is 0 Å². The van der Waals surface area contributed by atoms with E-state index in [1.807, 2.05) is 54.6 Å². The van der Waals surface area contributed by atoms with E-state index in [-0.39, 0.29) is 0 Å². The van der Waals surface area contributed by atoms with Gasteiger partial charge >= 0.3 is 0 Å². The van der Waals surface area contributed by atoms with Gasteiger partial charge in [-0.3, -0.25) is 0 Å². The van der Waals surface area contributed by atoms with Crippen LogP contribution in [0, 0.1) is 11.3 Å². The molecule has 3 rings (SSSR count). The van der Waals surface area contributed by atoms with E-state index in [1.165, 1.54) is 6.20 Å². The molecule has 0 radical (unpaired) electrons. The quantitative estimate of drug-likeness (QED) is 0.590. The van der Waals surface area contributed by atoms with Gasteiger partial charge in [0, 0.05) is 6.20 Å². The van der Waals surface area contributed by atoms with Gasteiger partial charge in [0.1, 0.15) is 22.0 Å². The van der Waals surface area contributed by atoms with Crippen LogP contribution >= 0.6 is 7.26 Å². The van der Waals surface area contributed by atoms with Crippen molar-refractivity contribution in [2.45, 2.75) is 0 Å². The first-order valence-corrected chi connectivity index (χ1v) is 9.51. The van der Waals surface area contributed by atoms with Gasteiger partial charge < -0.3 is 5.73 Å². The maximum absolute atomic E-state index is 9.88. The second-order valence-electron chi connectivity index (χ2n) is 5.34. The maximum Gasteiger partial charge on any atom is 0.200 e. The number of rotatable bonds is 4. The molecule has 0 saturated heterocycles. The van der Waals surface area contributed by atoms with Crippen molar-refractivity contribution < 1.29 is 0 Å². The largest absolute Gasteiger partial charge is 0.401 e. The van der Waals surface area contributed by atoms with E-state index in [9.17, 15) is 5.26 Å². The number of allylic oxidation sites excluding steroid dienone is 1. The molecular formula is C21H18N2P+. The molecule has 0 aliphatic heterocycles. The summed E-state index contributed by atoms with van der Waals surface area (Å²) in [6.07, 6.45) is 1.47. The molecule has 2 nitrogen and oxygen atoms in total. The number of nitrogens with two attached hydrogens (primary N) is 1. The SMILES string of the molecule is N#C/C(=C\N)[P+](c1ccccc1)(c1ccccc1)c1ccccc1. The fraction of sp³-hybridized carbons (Fsp3) is 0. The lowest BCUT2D eigenvalue weighted by atomic mass is 10.4. The van der Waals surface area contributed by atoms with Gasteiger partial charge in [-0.25, -0.2) is 0 Å². The summed E-state index contributed by atoms with van der Waals surface area (Å²) in [4.78, 5) is 0. The molecule has 24 heavy (non-hydrogen) atoms. The van der Waals surface area contributed by atoms with E-state index in [0.29, 0.717) is 5.31 Å². The second kappa shape index (κ2) is 7.13. The van der Waals surface area contributed by atoms with Crippen molar-refractivity contribution in [2.75, 3.05) is 0 Å². The van der Waals surface area contributed by atoms with Crippen LogP contribution in [0.2, 0.25) is 0 Å². The summed E-state index contributed by atoms with van der Waals surface area (Å²) in [5, 5.41) is 13.9. The Hall–Kier alpha value is -2.88. The summed E-state index contributed by atoms with van der Waals surface area (Å²) < 4.78 is 0. The molecule has 0 amide bonds. The van der Waals surface area contributed by atoms with E-state index >= 15 is 0 Å². The number of hydrogen-bond acceptors (Lipinski definition) is 2. The van der Waals surface area contributed by atoms with Crippen molar-refractivity contribution in [3.05, 3.63) is 103 Å². The molecular weight excluding hydrogens is 311 g/mol. The highest BCUT2D eigenvalue weighted by atomic mass is 31.2. The van der Waals surface area contributed by atoms with Gasteiger partial charge in [-0.2, -0.15) is 5.26 Å². The summed E-state index contributed by atoms with van der Waals surface area (Å²) in [6, 6.07) is 33.0. The van der Waals surface area contributed by atoms with Crippen molar-refractivity contribution in [3.63, 3.8) is 0 Å². The molecule has 0 heterocycles. The van der Waals surface area contributed by atoms with Crippen LogP contribution < -0.4 is 21.6 Å². The summed E-state index contributed by atoms with van der Waals surface area (Å²) >= 11 is 0. The molecule has 0 unspecified atom stereocenters. The van der Waals surface area contributed by atoms with Crippen molar-refractivity contribution in [2.24, 2.45) is 5.73 Å². The molecule has 0 spiro atoms. The van der Waals surface area contributed by atoms with Crippen LogP contribution in [0.4, 0.5) is 0 Å². The highest BCUT2D eigenvalue weighted by Crippen LogP contribution is 2.61. The molecule has 3 aromatic rings. The van der Waals surface area contributed by atoms with E-state index in [4.69, 9.17) is 5.73 Å². The van der Waals surface area contributed by atoms with Crippen LogP contribution in [0.5, 0.6) is 0 Å². The molecule has 0 saturated carbocycles. The summed E-state index contributed by atoms with van der Waals surface area (Å²) in [5.41, 5.74) is 5.92. The summed E-state index contributed by atoms with van der Waals surface area (Å²) in [5.74, 6) is 0. The average molecular weight is 329 g/mol. The third kappa shape index (κ3) is 2.60. The first-order chi connectivity index (χ1) is 11.8. The third-order valence-corrected chi connectivity index (χ3v) is 8.25. The molecule has 0 atom stereocenters. The highest BCUT2D eigenvalue weighted by Gasteiger charge is 2.49. The minimum absolute atomic E-state index is 0.617. The van der Waals surface area contributed by atoms with Crippen LogP contribution in [0.1, 0.15) is 0 Å². The average Bonchev–Trinajstić information content (AvgIpc) is 2.68. The number of nitrogens with zero attached hydrogens (tertiary/aromatic N) is 1. The fourth-order valence-electron chi connectivity index (χ4n) is 3.04. The Kier molecular flexibility index (Phi) is 4.75. The minimum atomic E-state index is -2.29. The molecule has 116 valence electrons. The van der Waals surface area contributed by atoms with Crippen LogP contribution in [0.25, 0.3) is 0 Å². The number of nitriles is 1. The van der Waals surface area contributed by atoms with E-state index in [2.05, 4.69) is 42.5 Å². The van der Waals surface area contributed by atoms with Gasteiger partial charge in [0.2, 0.25) is 5.31 Å². The van der Waals surface area contributed by atoms with Crippen molar-refractivity contribution >= 4 is 23.2 Å². The van der Waals surface area contributed by atoms with Crippen molar-refractivity contribution in [1.82, 2.24) is 0 Å². The molecule has 0 aliphatic rings. The lowest BCUT2D eigenvalue weighted by molar-refractivity contribution is 1.49. The minimum Gasteiger partial charge on any atom is -0.401 e. The molecule has 3 aromatic carbocycles. The topological polar surface area (TPSA) is 49.8 Å². The molecule has 0 fully saturated rings. The Balaban J connectivity index is 2.45. The Bertz CT molecular complexity index is 769. The number of hydrogen-bond donors (Lipinski definition) is 1. The molecule has 0 aromatic heterocycles. The van der Waals surface area contributed by atoms with Gasteiger partial charge in [0.25, 0.3) is 0 Å². The van der Waals surface area contributed by atoms with Gasteiger partial charge in [0.05, 0.1) is 0 Å². The predicted molar refractivity (Wildman–Crippen MR) is 103 cm³/mol. The standard InChI is InChI=1S/C21H18N2P/c22-16-21(17-23)24(18-10-4-1-5-11-18,19-12-6-2-7-13-19)20-14-8-3-9-15-20/h1-16H,22H2/q+1/b21-16+. The molecule has 0 bridgehead atoms. The smallest absolute Gasteiger partial charge is 0.200 e. The van der Waals surface area contributed by atoms with Gasteiger partial charge in [-0.15, -0.1) is 0 Å². The lowest BCUT2D eigenvalue weighted by Crippen LogP contribution is -2.32. The molecule has 2 N–H and O–H groups in total. The first-order valence-electron chi connectivity index (χ1n) is 7.72. The zero-order valence-electron chi connectivity index (χ0n) is 13.2. The number of benzene rings is 3. The van der Waals surface area contributed by atoms with Crippen LogP contribution in [0.15, 0.2) is 103 Å². The van der Waals surface area contributed by atoms with Gasteiger partial charge in [-0.05, 0) is 36.4 Å². The highest BCUT2D eigenvalue weighted by molar-refractivity contribution is 7.99. The Labute approximate surface area is 143 Å². The predicted octanol–water partition coefficient (Wildman–Crippen LogP) is 3.30. The van der Waals surface area contributed by atoms with Crippen molar-refractivity contribution in [3.8, 4) is 6.07 Å². The fourth-order valence-corrected chi connectivity index (χ4v) is 7.00. The van der Waals surface area contributed by atoms with Crippen LogP contribution in [-0.2, 0) is 0 Å². The van der Waals surface area contributed by atoms with Gasteiger partial charge in [0.15, 0.2) is 7.26 Å². The van der Waals surface area contributed by atoms with E-state index in [1.54, 1.807) is 0 Å². The summed E-state index contributed by atoms with van der Waals surface area (Å²) in [7, 11) is -2.29. The zero-order chi connectivity index (χ0) is 16.8. The third-order valence-electron chi connectivity index (χ3n) is 4.06. The van der Waals surface area contributed by atoms with Crippen LogP contribution in [-0.4, -0.2) is 0 Å². The second-order valence-corrected chi connectivity index (χ2v) is 8.71. The van der Waals surface area contributed by atoms with E-state index in [0.717, 1.165) is 15.9 Å². The lowest BCUT2D eigenvalue weighted by Gasteiger charge is -2.26. The van der Waals surface area contributed by atoms with E-state index < -0.39 is 7.26 Å². The Morgan fingerprint density at radius 2 is 1.04 bits per heavy atom. The van der Waals surface area contributed by atoms with Gasteiger partial charge in [-0.1, -0.05) is 54.6 Å². The molecule has 3 heteroatoms. The Morgan fingerprint density at radius 1 is 0.708 bits per heavy atom. The Morgan fingerprint density at radius 3 is 1.29 bits per heavy atom. The monoisotopic (exact) mass is 329 g/mol. The zero-order valence-corrected chi connectivity index (χ0v) is 14.1. The van der Waals surface area contributed by atoms with Crippen molar-refractivity contribution in [1.29, 1.82) is 5.26 Å². The molecule has 0 aliphatic carbocycles. The first kappa shape index (κ1) is 16.0. The maximum atomic E-state index is 9.88.